The number of rotatable bonds is 16. The standard InChI is InChI=1S/C25H49NO3/c1-24(2)20-22(21-25(3,4)26(24)29)18-16-14-12-10-8-6-5-7-9-11-13-15-17-19-23(27)28/h22,29H,5-21H2,1-4H3,(H,27,28). The fourth-order valence-electron chi connectivity index (χ4n) is 5.34. The van der Waals surface area contributed by atoms with Crippen molar-refractivity contribution < 1.29 is 15.1 Å². The third-order valence-corrected chi connectivity index (χ3v) is 6.73. The predicted octanol–water partition coefficient (Wildman–Crippen LogP) is 7.58. The molecule has 0 spiro atoms. The van der Waals surface area contributed by atoms with Gasteiger partial charge in [-0.05, 0) is 52.9 Å². The van der Waals surface area contributed by atoms with Gasteiger partial charge in [-0.25, -0.2) is 0 Å². The van der Waals surface area contributed by atoms with E-state index in [2.05, 4.69) is 27.7 Å². The number of carboxylic acid groups (broad SMARTS) is 1. The lowest BCUT2D eigenvalue weighted by Crippen LogP contribution is -2.58. The van der Waals surface area contributed by atoms with E-state index in [9.17, 15) is 10.0 Å². The summed E-state index contributed by atoms with van der Waals surface area (Å²) in [5.74, 6) is 0.0810. The summed E-state index contributed by atoms with van der Waals surface area (Å²) in [6, 6.07) is 0. The van der Waals surface area contributed by atoms with Crippen molar-refractivity contribution in [3.8, 4) is 0 Å². The Balaban J connectivity index is 1.90. The number of aliphatic carboxylic acids is 1. The van der Waals surface area contributed by atoms with Gasteiger partial charge in [0, 0.05) is 17.5 Å². The van der Waals surface area contributed by atoms with E-state index in [0.717, 1.165) is 31.6 Å². The lowest BCUT2D eigenvalue weighted by molar-refractivity contribution is -0.251. The molecule has 0 radical (unpaired) electrons. The first-order chi connectivity index (χ1) is 13.6. The minimum Gasteiger partial charge on any atom is -0.481 e. The van der Waals surface area contributed by atoms with Crippen LogP contribution >= 0.6 is 0 Å². The summed E-state index contributed by atoms with van der Waals surface area (Å²) in [4.78, 5) is 10.4. The van der Waals surface area contributed by atoms with Crippen LogP contribution in [0.1, 0.15) is 137 Å². The van der Waals surface area contributed by atoms with Crippen molar-refractivity contribution in [1.29, 1.82) is 0 Å². The Bertz CT molecular complexity index is 429. The van der Waals surface area contributed by atoms with E-state index in [1.165, 1.54) is 77.0 Å². The molecule has 1 saturated heterocycles. The topological polar surface area (TPSA) is 60.8 Å². The van der Waals surface area contributed by atoms with Crippen molar-refractivity contribution in [3.63, 3.8) is 0 Å². The molecule has 172 valence electrons. The number of nitrogens with zero attached hydrogens (tertiary/aromatic N) is 1. The van der Waals surface area contributed by atoms with Gasteiger partial charge in [0.1, 0.15) is 0 Å². The fourth-order valence-corrected chi connectivity index (χ4v) is 5.34. The molecule has 0 aromatic carbocycles. The summed E-state index contributed by atoms with van der Waals surface area (Å²) in [6.07, 6.45) is 20.4. The Morgan fingerprint density at radius 1 is 0.724 bits per heavy atom. The average Bonchev–Trinajstić information content (AvgIpc) is 2.62. The molecule has 1 aliphatic heterocycles. The maximum Gasteiger partial charge on any atom is 0.303 e. The normalized spacial score (nSPS) is 19.5. The highest BCUT2D eigenvalue weighted by molar-refractivity contribution is 5.66. The van der Waals surface area contributed by atoms with E-state index < -0.39 is 5.97 Å². The SMILES string of the molecule is CC1(C)CC(CCCCCCCCCCCCCCCC(=O)O)CC(C)(C)N1O. The number of carboxylic acids is 1. The molecule has 0 aromatic heterocycles. The third kappa shape index (κ3) is 11.4. The van der Waals surface area contributed by atoms with Crippen LogP contribution in [0.4, 0.5) is 0 Å². The van der Waals surface area contributed by atoms with Crippen molar-refractivity contribution >= 4 is 5.97 Å². The molecule has 4 nitrogen and oxygen atoms in total. The summed E-state index contributed by atoms with van der Waals surface area (Å²) in [6.45, 7) is 8.67. The van der Waals surface area contributed by atoms with Gasteiger partial charge in [-0.15, -0.1) is 0 Å². The molecular weight excluding hydrogens is 362 g/mol. The van der Waals surface area contributed by atoms with Crippen LogP contribution < -0.4 is 0 Å². The molecule has 4 heteroatoms. The second-order valence-electron chi connectivity index (χ2n) is 10.7. The highest BCUT2D eigenvalue weighted by Gasteiger charge is 2.44. The zero-order valence-corrected chi connectivity index (χ0v) is 19.8. The quantitative estimate of drug-likeness (QED) is 0.257. The Morgan fingerprint density at radius 2 is 1.07 bits per heavy atom. The predicted molar refractivity (Wildman–Crippen MR) is 121 cm³/mol. The summed E-state index contributed by atoms with van der Waals surface area (Å²) < 4.78 is 0. The van der Waals surface area contributed by atoms with Gasteiger partial charge in [0.15, 0.2) is 0 Å². The van der Waals surface area contributed by atoms with Crippen LogP contribution in [0.15, 0.2) is 0 Å². The minimum atomic E-state index is -0.662. The number of unbranched alkanes of at least 4 members (excludes halogenated alkanes) is 12. The Morgan fingerprint density at radius 3 is 1.45 bits per heavy atom. The minimum absolute atomic E-state index is 0.106. The summed E-state index contributed by atoms with van der Waals surface area (Å²) in [5, 5.41) is 20.6. The lowest BCUT2D eigenvalue weighted by atomic mass is 9.73. The molecule has 1 heterocycles. The maximum absolute atomic E-state index is 10.4. The Hall–Kier alpha value is -0.610. The van der Waals surface area contributed by atoms with Crippen LogP contribution in [0, 0.1) is 5.92 Å². The molecular formula is C25H49NO3. The second kappa shape index (κ2) is 13.6. The van der Waals surface area contributed by atoms with Gasteiger partial charge in [-0.1, -0.05) is 83.5 Å². The van der Waals surface area contributed by atoms with E-state index in [1.54, 1.807) is 5.06 Å². The van der Waals surface area contributed by atoms with Crippen LogP contribution in [0.5, 0.6) is 0 Å². The van der Waals surface area contributed by atoms with Crippen LogP contribution in [0.25, 0.3) is 0 Å². The van der Waals surface area contributed by atoms with Crippen molar-refractivity contribution in [2.75, 3.05) is 0 Å². The van der Waals surface area contributed by atoms with E-state index in [4.69, 9.17) is 5.11 Å². The molecule has 0 unspecified atom stereocenters. The van der Waals surface area contributed by atoms with Gasteiger partial charge in [0.25, 0.3) is 0 Å². The van der Waals surface area contributed by atoms with Crippen molar-refractivity contribution in [2.24, 2.45) is 5.92 Å². The van der Waals surface area contributed by atoms with Crippen LogP contribution in [0.2, 0.25) is 0 Å². The molecule has 0 atom stereocenters. The van der Waals surface area contributed by atoms with Gasteiger partial charge in [-0.3, -0.25) is 4.79 Å². The zero-order chi connectivity index (χ0) is 21.8. The summed E-state index contributed by atoms with van der Waals surface area (Å²) in [7, 11) is 0. The highest BCUT2D eigenvalue weighted by Crippen LogP contribution is 2.41. The largest absolute Gasteiger partial charge is 0.481 e. The summed E-state index contributed by atoms with van der Waals surface area (Å²) >= 11 is 0. The van der Waals surface area contributed by atoms with Gasteiger partial charge >= 0.3 is 5.97 Å². The first-order valence-electron chi connectivity index (χ1n) is 12.4. The van der Waals surface area contributed by atoms with Crippen molar-refractivity contribution in [1.82, 2.24) is 5.06 Å². The number of hydrogen-bond donors (Lipinski definition) is 2. The smallest absolute Gasteiger partial charge is 0.303 e. The van der Waals surface area contributed by atoms with Crippen molar-refractivity contribution in [2.45, 2.75) is 148 Å². The molecule has 0 saturated carbocycles. The Kier molecular flexibility index (Phi) is 12.4. The molecule has 0 amide bonds. The average molecular weight is 412 g/mol. The van der Waals surface area contributed by atoms with Crippen LogP contribution in [-0.4, -0.2) is 32.4 Å². The summed E-state index contributed by atoms with van der Waals surface area (Å²) in [5.41, 5.74) is -0.213. The van der Waals surface area contributed by atoms with Gasteiger partial charge in [-0.2, -0.15) is 5.06 Å². The number of carbonyl (C=O) groups is 1. The number of hydrogen-bond acceptors (Lipinski definition) is 3. The molecule has 1 rings (SSSR count). The van der Waals surface area contributed by atoms with E-state index in [0.29, 0.717) is 6.42 Å². The lowest BCUT2D eigenvalue weighted by Gasteiger charge is -2.51. The number of hydroxylamine groups is 2. The van der Waals surface area contributed by atoms with Gasteiger partial charge < -0.3 is 10.3 Å². The molecule has 0 aromatic rings. The van der Waals surface area contributed by atoms with Gasteiger partial charge in [0.05, 0.1) is 0 Å². The fraction of sp³-hybridized carbons (Fsp3) is 0.960. The number of piperidine rings is 1. The van der Waals surface area contributed by atoms with Crippen LogP contribution in [-0.2, 0) is 4.79 Å². The first-order valence-corrected chi connectivity index (χ1v) is 12.4. The van der Waals surface area contributed by atoms with Crippen LogP contribution in [0.3, 0.4) is 0 Å². The highest BCUT2D eigenvalue weighted by atomic mass is 16.5. The molecule has 29 heavy (non-hydrogen) atoms. The first kappa shape index (κ1) is 26.4. The third-order valence-electron chi connectivity index (χ3n) is 6.73. The monoisotopic (exact) mass is 411 g/mol. The van der Waals surface area contributed by atoms with E-state index in [1.807, 2.05) is 0 Å². The molecule has 1 aliphatic rings. The second-order valence-corrected chi connectivity index (χ2v) is 10.7. The zero-order valence-electron chi connectivity index (χ0n) is 19.8. The maximum atomic E-state index is 10.4. The molecule has 1 fully saturated rings. The van der Waals surface area contributed by atoms with Crippen molar-refractivity contribution in [3.05, 3.63) is 0 Å². The molecule has 0 aliphatic carbocycles. The van der Waals surface area contributed by atoms with Gasteiger partial charge in [0.2, 0.25) is 0 Å². The molecule has 0 bridgehead atoms. The van der Waals surface area contributed by atoms with E-state index >= 15 is 0 Å². The Labute approximate surface area is 180 Å². The van der Waals surface area contributed by atoms with E-state index in [-0.39, 0.29) is 11.1 Å². The molecule has 2 N–H and O–H groups in total.